The van der Waals surface area contributed by atoms with Crippen LogP contribution in [0.1, 0.15) is 18.2 Å². The number of hydrogen-bond acceptors (Lipinski definition) is 8. The van der Waals surface area contributed by atoms with Crippen molar-refractivity contribution in [2.24, 2.45) is 0 Å². The quantitative estimate of drug-likeness (QED) is 0.244. The van der Waals surface area contributed by atoms with E-state index >= 15 is 0 Å². The van der Waals surface area contributed by atoms with Crippen molar-refractivity contribution in [1.29, 1.82) is 0 Å². The highest BCUT2D eigenvalue weighted by molar-refractivity contribution is 7.09. The van der Waals surface area contributed by atoms with Crippen molar-refractivity contribution in [3.05, 3.63) is 38.7 Å². The third kappa shape index (κ3) is 4.55. The summed E-state index contributed by atoms with van der Waals surface area (Å²) in [4.78, 5) is 30.4. The molecule has 2 heterocycles. The normalized spacial score (nSPS) is 24.6. The van der Waals surface area contributed by atoms with Crippen LogP contribution in [0.4, 0.5) is 0 Å². The van der Waals surface area contributed by atoms with Crippen molar-refractivity contribution in [2.75, 3.05) is 13.2 Å². The lowest BCUT2D eigenvalue weighted by Crippen LogP contribution is -2.33. The minimum atomic E-state index is -0.886. The van der Waals surface area contributed by atoms with Crippen LogP contribution in [-0.4, -0.2) is 45.2 Å². The van der Waals surface area contributed by atoms with Crippen molar-refractivity contribution in [1.82, 2.24) is 9.55 Å². The summed E-state index contributed by atoms with van der Waals surface area (Å²) in [5.74, 6) is 0. The molecule has 1 aromatic heterocycles. The number of aromatic nitrogens is 2. The van der Waals surface area contributed by atoms with Gasteiger partial charge in [-0.2, -0.15) is 4.67 Å². The number of ether oxygens (including phenoxy) is 1. The average Bonchev–Trinajstić information content (AvgIpc) is 2.88. The van der Waals surface area contributed by atoms with E-state index in [0.29, 0.717) is 0 Å². The lowest BCUT2D eigenvalue weighted by molar-refractivity contribution is -0.466. The number of aliphatic hydroxyl groups excluding tert-OH is 2. The van der Waals surface area contributed by atoms with Crippen LogP contribution in [0.2, 0.25) is 0 Å². The molecule has 1 fully saturated rings. The third-order valence-electron chi connectivity index (χ3n) is 3.23. The van der Waals surface area contributed by atoms with Crippen LogP contribution >= 0.6 is 9.47 Å². The predicted octanol–water partition coefficient (Wildman–Crippen LogP) is -1.14. The smallest absolute Gasteiger partial charge is 0.330 e. The van der Waals surface area contributed by atoms with Crippen molar-refractivity contribution >= 4 is 15.5 Å². The summed E-state index contributed by atoms with van der Waals surface area (Å²) in [6.07, 6.45) is 1.78. The summed E-state index contributed by atoms with van der Waals surface area (Å²) in [7, 11) is 1.82. The molecular formula is C12H17N2O8P. The molecule has 4 atom stereocenters. The van der Waals surface area contributed by atoms with Crippen LogP contribution in [0.25, 0.3) is 6.08 Å². The van der Waals surface area contributed by atoms with E-state index in [-0.39, 0.29) is 25.2 Å². The minimum absolute atomic E-state index is 0.110. The molecule has 4 unspecified atom stereocenters. The van der Waals surface area contributed by atoms with Gasteiger partial charge in [0.25, 0.3) is 5.56 Å². The number of rotatable bonds is 7. The highest BCUT2D eigenvalue weighted by Gasteiger charge is 2.36. The summed E-state index contributed by atoms with van der Waals surface area (Å²) in [6, 6.07) is 0. The van der Waals surface area contributed by atoms with Crippen LogP contribution in [0.3, 0.4) is 0 Å². The van der Waals surface area contributed by atoms with Gasteiger partial charge in [-0.25, -0.2) is 9.68 Å². The van der Waals surface area contributed by atoms with E-state index in [4.69, 9.17) is 9.84 Å². The Labute approximate surface area is 132 Å². The maximum atomic E-state index is 11.9. The molecule has 0 saturated carbocycles. The number of aromatic amines is 1. The second kappa shape index (κ2) is 8.46. The molecule has 0 amide bonds. The van der Waals surface area contributed by atoms with Gasteiger partial charge in [0.2, 0.25) is 0 Å². The highest BCUT2D eigenvalue weighted by Crippen LogP contribution is 2.27. The van der Waals surface area contributed by atoms with Gasteiger partial charge in [-0.05, 0) is 6.08 Å². The predicted molar refractivity (Wildman–Crippen MR) is 79.8 cm³/mol. The molecular weight excluding hydrogens is 331 g/mol. The first kappa shape index (κ1) is 18.0. The summed E-state index contributed by atoms with van der Waals surface area (Å²) in [5, 5.41) is 22.9. The Bertz CT molecular complexity index is 657. The van der Waals surface area contributed by atoms with E-state index in [1.807, 2.05) is 9.47 Å². The van der Waals surface area contributed by atoms with Crippen molar-refractivity contribution in [2.45, 2.75) is 24.9 Å². The van der Waals surface area contributed by atoms with E-state index in [1.165, 1.54) is 18.3 Å². The highest BCUT2D eigenvalue weighted by atomic mass is 31.0. The Morgan fingerprint density at radius 2 is 2.30 bits per heavy atom. The number of nitrogens with one attached hydrogen (secondary N) is 1. The lowest BCUT2D eigenvalue weighted by atomic mass is 10.2. The fourth-order valence-electron chi connectivity index (χ4n) is 2.17. The van der Waals surface area contributed by atoms with Gasteiger partial charge in [0.15, 0.2) is 0 Å². The standard InChI is InChI=1S/C12H17N2O8P/c15-3-1-2-7-5-14(12(18)13-11(7)17)10-4-8(16)9(20-10)6-19-21-22-23/h1-2,5,8-10,15-16H,3-4,6,23H2,(H,13,17,18)/b2-1+. The largest absolute Gasteiger partial charge is 0.392 e. The van der Waals surface area contributed by atoms with Crippen LogP contribution in [0.5, 0.6) is 0 Å². The number of hydrogen-bond donors (Lipinski definition) is 3. The molecule has 0 aliphatic carbocycles. The summed E-state index contributed by atoms with van der Waals surface area (Å²) < 4.78 is 10.9. The SMILES string of the molecule is O=c1[nH]c(=O)n(C2CC(O)C(COOOP)O2)cc1/C=C/CO. The molecule has 0 radical (unpaired) electrons. The zero-order valence-corrected chi connectivity index (χ0v) is 13.1. The maximum Gasteiger partial charge on any atom is 0.330 e. The van der Waals surface area contributed by atoms with Gasteiger partial charge in [-0.3, -0.25) is 14.3 Å². The van der Waals surface area contributed by atoms with E-state index in [0.717, 1.165) is 4.57 Å². The van der Waals surface area contributed by atoms with Gasteiger partial charge in [0.05, 0.1) is 18.3 Å². The zero-order chi connectivity index (χ0) is 16.8. The van der Waals surface area contributed by atoms with Crippen LogP contribution in [0, 0.1) is 0 Å². The van der Waals surface area contributed by atoms with Gasteiger partial charge < -0.3 is 14.9 Å². The van der Waals surface area contributed by atoms with E-state index < -0.39 is 29.7 Å². The lowest BCUT2D eigenvalue weighted by Gasteiger charge is -2.15. The first-order chi connectivity index (χ1) is 11.1. The molecule has 1 aliphatic rings. The Morgan fingerprint density at radius 3 is 3.00 bits per heavy atom. The van der Waals surface area contributed by atoms with E-state index in [1.54, 1.807) is 0 Å². The maximum absolute atomic E-state index is 11.9. The number of H-pyrrole nitrogens is 1. The molecule has 23 heavy (non-hydrogen) atoms. The minimum Gasteiger partial charge on any atom is -0.392 e. The molecule has 11 heteroatoms. The second-order valence-corrected chi connectivity index (χ2v) is 4.91. The molecule has 1 aromatic rings. The van der Waals surface area contributed by atoms with Gasteiger partial charge in [-0.15, -0.1) is 0 Å². The van der Waals surface area contributed by atoms with Crippen LogP contribution in [-0.2, 0) is 19.3 Å². The van der Waals surface area contributed by atoms with E-state index in [9.17, 15) is 14.7 Å². The Morgan fingerprint density at radius 1 is 1.52 bits per heavy atom. The molecule has 0 spiro atoms. The van der Waals surface area contributed by atoms with Crippen molar-refractivity contribution in [3.63, 3.8) is 0 Å². The Hall–Kier alpha value is -1.39. The fraction of sp³-hybridized carbons (Fsp3) is 0.500. The molecule has 10 nitrogen and oxygen atoms in total. The molecule has 0 bridgehead atoms. The van der Waals surface area contributed by atoms with Gasteiger partial charge >= 0.3 is 5.69 Å². The van der Waals surface area contributed by atoms with Gasteiger partial charge in [0, 0.05) is 22.1 Å². The molecule has 1 aliphatic heterocycles. The van der Waals surface area contributed by atoms with Crippen LogP contribution in [0.15, 0.2) is 21.9 Å². The molecule has 2 rings (SSSR count). The summed E-state index contributed by atoms with van der Waals surface area (Å²) >= 11 is 0. The molecule has 128 valence electrons. The third-order valence-corrected chi connectivity index (χ3v) is 3.31. The first-order valence-corrected chi connectivity index (χ1v) is 7.15. The van der Waals surface area contributed by atoms with Crippen LogP contribution < -0.4 is 11.2 Å². The van der Waals surface area contributed by atoms with Gasteiger partial charge in [-0.1, -0.05) is 11.1 Å². The second-order valence-electron chi connectivity index (χ2n) is 4.72. The topological polar surface area (TPSA) is 132 Å². The average molecular weight is 348 g/mol. The number of aliphatic hydroxyl groups is 2. The van der Waals surface area contributed by atoms with Crippen molar-refractivity contribution in [3.8, 4) is 0 Å². The Balaban J connectivity index is 2.17. The summed E-state index contributed by atoms with van der Waals surface area (Å²) in [6.45, 7) is -0.351. The monoisotopic (exact) mass is 348 g/mol. The van der Waals surface area contributed by atoms with Gasteiger partial charge in [0.1, 0.15) is 18.9 Å². The first-order valence-electron chi connectivity index (χ1n) is 6.68. The van der Waals surface area contributed by atoms with Crippen molar-refractivity contribution < 1.29 is 29.6 Å². The summed E-state index contributed by atoms with van der Waals surface area (Å²) in [5.41, 5.74) is -1.07. The molecule has 1 saturated heterocycles. The molecule has 0 aromatic carbocycles. The zero-order valence-electron chi connectivity index (χ0n) is 12.0. The van der Waals surface area contributed by atoms with E-state index in [2.05, 4.69) is 19.6 Å². The molecule has 3 N–H and O–H groups in total. The Kier molecular flexibility index (Phi) is 6.60. The number of nitrogens with zero attached hydrogens (tertiary/aromatic N) is 1. The fourth-order valence-corrected chi connectivity index (χ4v) is 2.23.